The molecule has 1 aliphatic rings. The Morgan fingerprint density at radius 1 is 1.30 bits per heavy atom. The highest BCUT2D eigenvalue weighted by Crippen LogP contribution is 2.30. The lowest BCUT2D eigenvalue weighted by molar-refractivity contribution is -0.134. The zero-order chi connectivity index (χ0) is 17.6. The Labute approximate surface area is 139 Å². The molecule has 0 heterocycles. The van der Waals surface area contributed by atoms with Crippen molar-refractivity contribution in [1.82, 2.24) is 10.2 Å². The number of carbonyl (C=O) groups is 2. The lowest BCUT2D eigenvalue weighted by Gasteiger charge is -2.30. The van der Waals surface area contributed by atoms with E-state index < -0.39 is 7.12 Å². The van der Waals surface area contributed by atoms with Gasteiger partial charge < -0.3 is 20.3 Å². The minimum Gasteiger partial charge on any atom is -0.427 e. The first-order valence-corrected chi connectivity index (χ1v) is 8.63. The van der Waals surface area contributed by atoms with Gasteiger partial charge in [-0.25, -0.2) is 0 Å². The summed E-state index contributed by atoms with van der Waals surface area (Å²) >= 11 is 0. The highest BCUT2D eigenvalue weighted by atomic mass is 16.4. The van der Waals surface area contributed by atoms with Crippen molar-refractivity contribution < 1.29 is 19.6 Å². The molecular weight excluding hydrogens is 295 g/mol. The van der Waals surface area contributed by atoms with Gasteiger partial charge in [0.25, 0.3) is 0 Å². The summed E-state index contributed by atoms with van der Waals surface area (Å²) in [6, 6.07) is -0.00451. The molecule has 4 atom stereocenters. The third kappa shape index (κ3) is 6.14. The van der Waals surface area contributed by atoms with E-state index in [0.29, 0.717) is 12.8 Å². The van der Waals surface area contributed by atoms with Crippen molar-refractivity contribution >= 4 is 18.9 Å². The second-order valence-electron chi connectivity index (χ2n) is 7.02. The normalized spacial score (nSPS) is 23.7. The quantitative estimate of drug-likeness (QED) is 0.610. The fourth-order valence-electron chi connectivity index (χ4n) is 3.31. The van der Waals surface area contributed by atoms with Gasteiger partial charge >= 0.3 is 7.12 Å². The molecule has 1 rings (SSSR count). The standard InChI is InChI=1S/C16H31BN2O4/c1-5-12(16(21)19(3)4)9-11(2)15(20)18-14-8-6-7-13(10-14)17(22)23/h11-14,22-23H,5-10H2,1-4H3,(H,18,20). The Kier molecular flexibility index (Phi) is 8.05. The van der Waals surface area contributed by atoms with E-state index in [-0.39, 0.29) is 35.5 Å². The molecule has 0 aromatic rings. The number of hydrogen-bond acceptors (Lipinski definition) is 4. The van der Waals surface area contributed by atoms with Gasteiger partial charge in [-0.1, -0.05) is 26.7 Å². The van der Waals surface area contributed by atoms with Gasteiger partial charge in [0.2, 0.25) is 11.8 Å². The van der Waals surface area contributed by atoms with Gasteiger partial charge in [-0.2, -0.15) is 0 Å². The maximum Gasteiger partial charge on any atom is 0.454 e. The van der Waals surface area contributed by atoms with Crippen LogP contribution >= 0.6 is 0 Å². The molecule has 0 radical (unpaired) electrons. The summed E-state index contributed by atoms with van der Waals surface area (Å²) in [7, 11) is 2.16. The summed E-state index contributed by atoms with van der Waals surface area (Å²) in [5.41, 5.74) is 0. The molecule has 2 amide bonds. The first kappa shape index (κ1) is 20.0. The van der Waals surface area contributed by atoms with Crippen LogP contribution in [-0.2, 0) is 9.59 Å². The molecule has 7 heteroatoms. The van der Waals surface area contributed by atoms with Crippen LogP contribution in [0, 0.1) is 11.8 Å². The SMILES string of the molecule is CCC(CC(C)C(=O)NC1CCCC(B(O)O)C1)C(=O)N(C)C. The van der Waals surface area contributed by atoms with E-state index in [1.54, 1.807) is 19.0 Å². The summed E-state index contributed by atoms with van der Waals surface area (Å²) in [5.74, 6) is -0.517. The van der Waals surface area contributed by atoms with E-state index in [4.69, 9.17) is 0 Å². The number of amides is 2. The first-order valence-electron chi connectivity index (χ1n) is 8.63. The predicted octanol–water partition coefficient (Wildman–Crippen LogP) is 1.03. The monoisotopic (exact) mass is 326 g/mol. The molecular formula is C16H31BN2O4. The second-order valence-corrected chi connectivity index (χ2v) is 7.02. The van der Waals surface area contributed by atoms with E-state index >= 15 is 0 Å². The molecule has 6 nitrogen and oxygen atoms in total. The van der Waals surface area contributed by atoms with Gasteiger partial charge in [0.05, 0.1) is 0 Å². The molecule has 23 heavy (non-hydrogen) atoms. The third-order valence-corrected chi connectivity index (χ3v) is 4.85. The Balaban J connectivity index is 2.51. The predicted molar refractivity (Wildman–Crippen MR) is 90.6 cm³/mol. The third-order valence-electron chi connectivity index (χ3n) is 4.85. The zero-order valence-electron chi connectivity index (χ0n) is 14.8. The van der Waals surface area contributed by atoms with Crippen LogP contribution < -0.4 is 5.32 Å². The van der Waals surface area contributed by atoms with Crippen molar-refractivity contribution in [2.45, 2.75) is 64.2 Å². The second kappa shape index (κ2) is 9.28. The molecule has 0 aromatic carbocycles. The van der Waals surface area contributed by atoms with E-state index in [0.717, 1.165) is 25.7 Å². The number of carbonyl (C=O) groups excluding carboxylic acids is 2. The summed E-state index contributed by atoms with van der Waals surface area (Å²) < 4.78 is 0. The average Bonchev–Trinajstić information content (AvgIpc) is 2.51. The number of rotatable bonds is 7. The van der Waals surface area contributed by atoms with Crippen molar-refractivity contribution in [1.29, 1.82) is 0 Å². The lowest BCUT2D eigenvalue weighted by Crippen LogP contribution is -2.43. The number of hydrogen-bond donors (Lipinski definition) is 3. The van der Waals surface area contributed by atoms with Gasteiger partial charge in [-0.05, 0) is 31.5 Å². The van der Waals surface area contributed by atoms with Crippen LogP contribution in [-0.4, -0.2) is 54.0 Å². The van der Waals surface area contributed by atoms with Gasteiger partial charge in [0, 0.05) is 32.0 Å². The number of nitrogens with zero attached hydrogens (tertiary/aromatic N) is 1. The van der Waals surface area contributed by atoms with Crippen LogP contribution in [0.3, 0.4) is 0 Å². The van der Waals surface area contributed by atoms with E-state index in [2.05, 4.69) is 5.32 Å². The van der Waals surface area contributed by atoms with Crippen LogP contribution in [0.5, 0.6) is 0 Å². The van der Waals surface area contributed by atoms with Crippen molar-refractivity contribution in [3.8, 4) is 0 Å². The molecule has 0 bridgehead atoms. The molecule has 1 saturated carbocycles. The molecule has 0 saturated heterocycles. The fourth-order valence-corrected chi connectivity index (χ4v) is 3.31. The molecule has 0 aromatic heterocycles. The topological polar surface area (TPSA) is 89.9 Å². The van der Waals surface area contributed by atoms with Gasteiger partial charge in [0.1, 0.15) is 0 Å². The van der Waals surface area contributed by atoms with Gasteiger partial charge in [0.15, 0.2) is 0 Å². The van der Waals surface area contributed by atoms with Crippen LogP contribution in [0.15, 0.2) is 0 Å². The van der Waals surface area contributed by atoms with Crippen LogP contribution in [0.4, 0.5) is 0 Å². The Morgan fingerprint density at radius 3 is 2.48 bits per heavy atom. The highest BCUT2D eigenvalue weighted by molar-refractivity contribution is 6.43. The van der Waals surface area contributed by atoms with Crippen molar-refractivity contribution in [3.05, 3.63) is 0 Å². The van der Waals surface area contributed by atoms with Crippen molar-refractivity contribution in [3.63, 3.8) is 0 Å². The summed E-state index contributed by atoms with van der Waals surface area (Å²) in [6.07, 6.45) is 4.40. The Morgan fingerprint density at radius 2 is 1.96 bits per heavy atom. The Bertz CT molecular complexity index is 404. The maximum atomic E-state index is 12.4. The van der Waals surface area contributed by atoms with E-state index in [1.807, 2.05) is 13.8 Å². The zero-order valence-corrected chi connectivity index (χ0v) is 14.8. The molecule has 132 valence electrons. The van der Waals surface area contributed by atoms with E-state index in [1.165, 1.54) is 0 Å². The van der Waals surface area contributed by atoms with Crippen LogP contribution in [0.2, 0.25) is 5.82 Å². The first-order chi connectivity index (χ1) is 10.8. The average molecular weight is 326 g/mol. The smallest absolute Gasteiger partial charge is 0.427 e. The Hall–Kier alpha value is -1.08. The van der Waals surface area contributed by atoms with Crippen LogP contribution in [0.25, 0.3) is 0 Å². The van der Waals surface area contributed by atoms with Gasteiger partial charge in [-0.3, -0.25) is 9.59 Å². The molecule has 3 N–H and O–H groups in total. The largest absolute Gasteiger partial charge is 0.454 e. The van der Waals surface area contributed by atoms with E-state index in [9.17, 15) is 19.6 Å². The van der Waals surface area contributed by atoms with Gasteiger partial charge in [-0.15, -0.1) is 0 Å². The molecule has 0 spiro atoms. The summed E-state index contributed by atoms with van der Waals surface area (Å²) in [5, 5.41) is 21.6. The summed E-state index contributed by atoms with van der Waals surface area (Å²) in [4.78, 5) is 26.0. The maximum absolute atomic E-state index is 12.4. The van der Waals surface area contributed by atoms with Crippen LogP contribution in [0.1, 0.15) is 52.4 Å². The van der Waals surface area contributed by atoms with Crippen molar-refractivity contribution in [2.24, 2.45) is 11.8 Å². The summed E-state index contributed by atoms with van der Waals surface area (Å²) in [6.45, 7) is 3.81. The molecule has 4 unspecified atom stereocenters. The minimum absolute atomic E-state index is 0.00451. The minimum atomic E-state index is -1.31. The fraction of sp³-hybridized carbons (Fsp3) is 0.875. The lowest BCUT2D eigenvalue weighted by atomic mass is 9.64. The molecule has 1 fully saturated rings. The number of nitrogens with one attached hydrogen (secondary N) is 1. The van der Waals surface area contributed by atoms with Crippen molar-refractivity contribution in [2.75, 3.05) is 14.1 Å². The molecule has 0 aliphatic heterocycles. The molecule has 1 aliphatic carbocycles. The highest BCUT2D eigenvalue weighted by Gasteiger charge is 2.32.